The number of fused-ring (bicyclic) bond motifs is 1. The van der Waals surface area contributed by atoms with E-state index in [1.54, 1.807) is 6.92 Å². The predicted molar refractivity (Wildman–Crippen MR) is 44.7 cm³/mol. The van der Waals surface area contributed by atoms with Crippen LogP contribution in [0, 0.1) is 0 Å². The lowest BCUT2D eigenvalue weighted by Gasteiger charge is -2.00. The summed E-state index contributed by atoms with van der Waals surface area (Å²) < 4.78 is 1.19. The van der Waals surface area contributed by atoms with Crippen LogP contribution in [0.3, 0.4) is 0 Å². The van der Waals surface area contributed by atoms with Gasteiger partial charge < -0.3 is 5.11 Å². The van der Waals surface area contributed by atoms with Crippen molar-refractivity contribution in [1.82, 2.24) is 19.6 Å². The van der Waals surface area contributed by atoms with Crippen LogP contribution in [0.4, 0.5) is 0 Å². The van der Waals surface area contributed by atoms with Crippen molar-refractivity contribution in [3.8, 4) is 5.88 Å². The quantitative estimate of drug-likeness (QED) is 0.630. The molecule has 2 rings (SSSR count). The Kier molecular flexibility index (Phi) is 1.54. The number of nitrogens with one attached hydrogen (secondary N) is 1. The lowest BCUT2D eigenvalue weighted by molar-refractivity contribution is 0.427. The molecule has 0 atom stereocenters. The highest BCUT2D eigenvalue weighted by Crippen LogP contribution is 2.11. The maximum Gasteiger partial charge on any atom is 0.259 e. The zero-order valence-electron chi connectivity index (χ0n) is 6.98. The van der Waals surface area contributed by atoms with E-state index in [-0.39, 0.29) is 17.2 Å². The van der Waals surface area contributed by atoms with Crippen molar-refractivity contribution in [2.75, 3.05) is 0 Å². The number of nitrogens with zero attached hydrogens (tertiary/aromatic N) is 3. The fraction of sp³-hybridized carbons (Fsp3) is 0.286. The maximum absolute atomic E-state index is 11.3. The minimum Gasteiger partial charge on any atom is -0.493 e. The summed E-state index contributed by atoms with van der Waals surface area (Å²) in [5.74, 6) is 0.110. The van der Waals surface area contributed by atoms with E-state index in [4.69, 9.17) is 0 Å². The number of aromatic hydroxyl groups is 1. The van der Waals surface area contributed by atoms with Crippen LogP contribution in [0.15, 0.2) is 11.1 Å². The Morgan fingerprint density at radius 2 is 2.46 bits per heavy atom. The summed E-state index contributed by atoms with van der Waals surface area (Å²) >= 11 is 0. The van der Waals surface area contributed by atoms with Gasteiger partial charge >= 0.3 is 0 Å². The number of aromatic amines is 1. The van der Waals surface area contributed by atoms with Crippen molar-refractivity contribution in [1.29, 1.82) is 0 Å². The minimum absolute atomic E-state index is 0.140. The van der Waals surface area contributed by atoms with E-state index in [1.165, 1.54) is 10.8 Å². The van der Waals surface area contributed by atoms with Crippen LogP contribution in [-0.2, 0) is 6.42 Å². The molecule has 0 radical (unpaired) electrons. The molecule has 0 unspecified atom stereocenters. The van der Waals surface area contributed by atoms with Crippen LogP contribution in [0.1, 0.15) is 12.5 Å². The van der Waals surface area contributed by atoms with Gasteiger partial charge in [0.15, 0.2) is 0 Å². The molecule has 0 spiro atoms. The molecule has 2 aromatic rings. The molecular weight excluding hydrogens is 172 g/mol. The Balaban J connectivity index is 2.93. The monoisotopic (exact) mass is 180 g/mol. The highest BCUT2D eigenvalue weighted by molar-refractivity contribution is 5.34. The number of rotatable bonds is 1. The summed E-state index contributed by atoms with van der Waals surface area (Å²) in [5.41, 5.74) is -0.00139. The van der Waals surface area contributed by atoms with Gasteiger partial charge in [0.25, 0.3) is 5.56 Å². The van der Waals surface area contributed by atoms with Crippen LogP contribution in [0.2, 0.25) is 0 Å². The predicted octanol–water partition coefficient (Wildman–Crippen LogP) is -0.314. The van der Waals surface area contributed by atoms with Gasteiger partial charge in [-0.3, -0.25) is 9.78 Å². The summed E-state index contributed by atoms with van der Waals surface area (Å²) in [6.45, 7) is 1.78. The van der Waals surface area contributed by atoms with E-state index in [9.17, 15) is 9.90 Å². The molecule has 0 aliphatic heterocycles. The highest BCUT2D eigenvalue weighted by Gasteiger charge is 2.10. The molecule has 0 aliphatic carbocycles. The molecular formula is C7H8N4O2. The average molecular weight is 180 g/mol. The standard InChI is InChI=1S/C7H8N4O2/c1-2-4-5(12)10-7-8-3-9-11(7)6(4)13/h3,13H,2H2,1H3,(H,8,9,10,12). The van der Waals surface area contributed by atoms with Crippen LogP contribution in [0.25, 0.3) is 5.78 Å². The molecule has 2 heterocycles. The largest absolute Gasteiger partial charge is 0.493 e. The molecule has 0 bridgehead atoms. The molecule has 6 heteroatoms. The first kappa shape index (κ1) is 7.78. The molecule has 0 saturated heterocycles. The van der Waals surface area contributed by atoms with Gasteiger partial charge in [-0.25, -0.2) is 0 Å². The zero-order valence-corrected chi connectivity index (χ0v) is 6.98. The first-order valence-corrected chi connectivity index (χ1v) is 3.88. The fourth-order valence-electron chi connectivity index (χ4n) is 1.21. The van der Waals surface area contributed by atoms with Gasteiger partial charge in [0, 0.05) is 0 Å². The molecule has 68 valence electrons. The van der Waals surface area contributed by atoms with Crippen LogP contribution < -0.4 is 5.56 Å². The van der Waals surface area contributed by atoms with E-state index < -0.39 is 0 Å². The zero-order chi connectivity index (χ0) is 9.42. The fourth-order valence-corrected chi connectivity index (χ4v) is 1.21. The minimum atomic E-state index is -0.319. The van der Waals surface area contributed by atoms with Crippen molar-refractivity contribution in [2.24, 2.45) is 0 Å². The van der Waals surface area contributed by atoms with Gasteiger partial charge in [-0.15, -0.1) is 0 Å². The number of H-pyrrole nitrogens is 1. The lowest BCUT2D eigenvalue weighted by Crippen LogP contribution is -2.15. The van der Waals surface area contributed by atoms with Crippen LogP contribution in [-0.4, -0.2) is 24.7 Å². The van der Waals surface area contributed by atoms with Gasteiger partial charge in [0.1, 0.15) is 6.33 Å². The Morgan fingerprint density at radius 3 is 3.15 bits per heavy atom. The molecule has 0 saturated carbocycles. The number of hydrogen-bond donors (Lipinski definition) is 2. The third-order valence-corrected chi connectivity index (χ3v) is 1.87. The molecule has 13 heavy (non-hydrogen) atoms. The third kappa shape index (κ3) is 0.986. The second kappa shape index (κ2) is 2.58. The van der Waals surface area contributed by atoms with Crippen molar-refractivity contribution >= 4 is 5.78 Å². The van der Waals surface area contributed by atoms with Gasteiger partial charge in [-0.1, -0.05) is 6.92 Å². The number of hydrogen-bond acceptors (Lipinski definition) is 4. The van der Waals surface area contributed by atoms with Gasteiger partial charge in [-0.2, -0.15) is 14.6 Å². The molecule has 0 amide bonds. The van der Waals surface area contributed by atoms with Crippen molar-refractivity contribution in [2.45, 2.75) is 13.3 Å². The van der Waals surface area contributed by atoms with E-state index in [0.717, 1.165) is 0 Å². The van der Waals surface area contributed by atoms with E-state index in [1.807, 2.05) is 0 Å². The Hall–Kier alpha value is -1.85. The van der Waals surface area contributed by atoms with Crippen molar-refractivity contribution in [3.63, 3.8) is 0 Å². The van der Waals surface area contributed by atoms with E-state index in [0.29, 0.717) is 12.0 Å². The maximum atomic E-state index is 11.3. The molecule has 2 aromatic heterocycles. The summed E-state index contributed by atoms with van der Waals surface area (Å²) in [4.78, 5) is 17.5. The Morgan fingerprint density at radius 1 is 1.69 bits per heavy atom. The summed E-state index contributed by atoms with van der Waals surface area (Å²) in [5, 5.41) is 13.3. The van der Waals surface area contributed by atoms with Gasteiger partial charge in [0.2, 0.25) is 11.7 Å². The first-order valence-electron chi connectivity index (χ1n) is 3.88. The molecule has 0 aromatic carbocycles. The summed E-state index contributed by atoms with van der Waals surface area (Å²) in [6, 6.07) is 0. The smallest absolute Gasteiger partial charge is 0.259 e. The molecule has 6 nitrogen and oxygen atoms in total. The van der Waals surface area contributed by atoms with Crippen molar-refractivity contribution < 1.29 is 5.11 Å². The van der Waals surface area contributed by atoms with E-state index >= 15 is 0 Å². The van der Waals surface area contributed by atoms with Crippen LogP contribution in [0.5, 0.6) is 5.88 Å². The lowest BCUT2D eigenvalue weighted by atomic mass is 10.2. The highest BCUT2D eigenvalue weighted by atomic mass is 16.3. The van der Waals surface area contributed by atoms with Crippen LogP contribution >= 0.6 is 0 Å². The van der Waals surface area contributed by atoms with Gasteiger partial charge in [0.05, 0.1) is 5.56 Å². The number of aromatic nitrogens is 4. The molecule has 2 N–H and O–H groups in total. The second-order valence-corrected chi connectivity index (χ2v) is 2.61. The average Bonchev–Trinajstić information content (AvgIpc) is 2.53. The molecule has 0 aliphatic rings. The summed E-state index contributed by atoms with van der Waals surface area (Å²) in [7, 11) is 0. The Bertz CT molecular complexity index is 499. The summed E-state index contributed by atoms with van der Waals surface area (Å²) in [6.07, 6.45) is 1.72. The third-order valence-electron chi connectivity index (χ3n) is 1.87. The van der Waals surface area contributed by atoms with Crippen molar-refractivity contribution in [3.05, 3.63) is 22.2 Å². The normalized spacial score (nSPS) is 10.8. The SMILES string of the molecule is CCc1c(O)n2ncnc2[nH]c1=O. The van der Waals surface area contributed by atoms with E-state index in [2.05, 4.69) is 15.1 Å². The second-order valence-electron chi connectivity index (χ2n) is 2.61. The topological polar surface area (TPSA) is 83.3 Å². The van der Waals surface area contributed by atoms with Gasteiger partial charge in [-0.05, 0) is 6.42 Å². The first-order chi connectivity index (χ1) is 6.24. The Labute approximate surface area is 72.9 Å². The molecule has 0 fully saturated rings.